The van der Waals surface area contributed by atoms with Crippen LogP contribution in [0.5, 0.6) is 0 Å². The first-order valence-corrected chi connectivity index (χ1v) is 7.46. The Morgan fingerprint density at radius 1 is 1.21 bits per heavy atom. The van der Waals surface area contributed by atoms with Crippen molar-refractivity contribution in [2.45, 2.75) is 50.7 Å². The Morgan fingerprint density at radius 3 is 2.63 bits per heavy atom. The molecule has 5 nitrogen and oxygen atoms in total. The second-order valence-corrected chi connectivity index (χ2v) is 5.63. The molecule has 2 fully saturated rings. The van der Waals surface area contributed by atoms with E-state index in [2.05, 4.69) is 5.32 Å². The van der Waals surface area contributed by atoms with Gasteiger partial charge in [0.05, 0.1) is 32.3 Å². The number of carbonyl (C=O) groups is 1. The summed E-state index contributed by atoms with van der Waals surface area (Å²) in [5, 5.41) is 3.12. The fraction of sp³-hybridized carbons (Fsp3) is 0.929. The van der Waals surface area contributed by atoms with E-state index in [0.717, 1.165) is 31.7 Å². The third kappa shape index (κ3) is 5.09. The molecule has 0 radical (unpaired) electrons. The molecule has 1 aliphatic heterocycles. The van der Waals surface area contributed by atoms with Crippen LogP contribution in [-0.4, -0.2) is 44.4 Å². The summed E-state index contributed by atoms with van der Waals surface area (Å²) in [6, 6.07) is 0.339. The number of nitrogens with one attached hydrogen (secondary N) is 1. The van der Waals surface area contributed by atoms with Crippen LogP contribution in [0.4, 0.5) is 0 Å². The number of amides is 1. The Kier molecular flexibility index (Phi) is 6.07. The highest BCUT2D eigenvalue weighted by Crippen LogP contribution is 2.26. The van der Waals surface area contributed by atoms with Crippen LogP contribution in [0.15, 0.2) is 0 Å². The summed E-state index contributed by atoms with van der Waals surface area (Å²) in [4.78, 5) is 11.9. The van der Waals surface area contributed by atoms with E-state index < -0.39 is 0 Å². The zero-order chi connectivity index (χ0) is 13.5. The van der Waals surface area contributed by atoms with Gasteiger partial charge in [-0.25, -0.2) is 0 Å². The third-order valence-electron chi connectivity index (χ3n) is 4.08. The smallest absolute Gasteiger partial charge is 0.222 e. The average Bonchev–Trinajstić information content (AvgIpc) is 2.42. The Balaban J connectivity index is 1.63. The van der Waals surface area contributed by atoms with Crippen molar-refractivity contribution in [3.05, 3.63) is 0 Å². The predicted octanol–water partition coefficient (Wildman–Crippen LogP) is 0.816. The monoisotopic (exact) mass is 270 g/mol. The molecule has 0 aromatic rings. The molecule has 1 unspecified atom stereocenters. The second-order valence-electron chi connectivity index (χ2n) is 5.63. The van der Waals surface area contributed by atoms with Crippen molar-refractivity contribution in [1.82, 2.24) is 5.32 Å². The number of carbonyl (C=O) groups excluding carboxylic acids is 1. The molecule has 0 aromatic carbocycles. The Bertz CT molecular complexity index is 272. The van der Waals surface area contributed by atoms with Crippen molar-refractivity contribution < 1.29 is 14.3 Å². The molecule has 1 heterocycles. The summed E-state index contributed by atoms with van der Waals surface area (Å²) in [6.45, 7) is 2.56. The molecule has 1 aliphatic carbocycles. The maximum Gasteiger partial charge on any atom is 0.222 e. The molecule has 2 rings (SSSR count). The van der Waals surface area contributed by atoms with Crippen molar-refractivity contribution in [2.75, 3.05) is 26.4 Å². The minimum absolute atomic E-state index is 0.0673. The zero-order valence-electron chi connectivity index (χ0n) is 11.6. The first-order valence-electron chi connectivity index (χ1n) is 7.46. The van der Waals surface area contributed by atoms with E-state index in [1.165, 1.54) is 12.8 Å². The lowest BCUT2D eigenvalue weighted by molar-refractivity contribution is -0.132. The van der Waals surface area contributed by atoms with E-state index >= 15 is 0 Å². The number of hydrogen-bond donors (Lipinski definition) is 2. The maximum atomic E-state index is 11.9. The number of ether oxygens (including phenoxy) is 2. The van der Waals surface area contributed by atoms with Crippen LogP contribution in [0.3, 0.4) is 0 Å². The van der Waals surface area contributed by atoms with Gasteiger partial charge in [0.1, 0.15) is 0 Å². The molecule has 1 atom stereocenters. The molecule has 0 aromatic heterocycles. The van der Waals surface area contributed by atoms with Crippen LogP contribution in [0, 0.1) is 5.92 Å². The fourth-order valence-corrected chi connectivity index (χ4v) is 2.98. The molecule has 3 N–H and O–H groups in total. The van der Waals surface area contributed by atoms with Gasteiger partial charge in [0.2, 0.25) is 5.91 Å². The lowest BCUT2D eigenvalue weighted by atomic mass is 9.84. The summed E-state index contributed by atoms with van der Waals surface area (Å²) in [7, 11) is 0. The molecule has 110 valence electrons. The number of nitrogens with two attached hydrogens (primary N) is 1. The summed E-state index contributed by atoms with van der Waals surface area (Å²) >= 11 is 0. The molecule has 1 amide bonds. The molecule has 0 bridgehead atoms. The molecule has 2 aliphatic rings. The highest BCUT2D eigenvalue weighted by Gasteiger charge is 2.24. The summed E-state index contributed by atoms with van der Waals surface area (Å²) in [5.74, 6) is 0.853. The largest absolute Gasteiger partial charge is 0.376 e. The van der Waals surface area contributed by atoms with Gasteiger partial charge in [0.15, 0.2) is 0 Å². The second kappa shape index (κ2) is 7.82. The van der Waals surface area contributed by atoms with Crippen molar-refractivity contribution in [3.8, 4) is 0 Å². The molecule has 19 heavy (non-hydrogen) atoms. The van der Waals surface area contributed by atoms with Crippen LogP contribution in [0.2, 0.25) is 0 Å². The Labute approximate surface area is 115 Å². The summed E-state index contributed by atoms with van der Waals surface area (Å²) < 4.78 is 10.8. The SMILES string of the molecule is NCC[C@H]1CC[C@H](NC(=O)CC2COCCO2)CC1. The first-order chi connectivity index (χ1) is 9.28. The maximum absolute atomic E-state index is 11.9. The topological polar surface area (TPSA) is 73.6 Å². The third-order valence-corrected chi connectivity index (χ3v) is 4.08. The molecule has 1 saturated heterocycles. The van der Waals surface area contributed by atoms with Gasteiger partial charge in [-0.15, -0.1) is 0 Å². The molecular weight excluding hydrogens is 244 g/mol. The summed E-state index contributed by atoms with van der Waals surface area (Å²) in [6.07, 6.45) is 6.01. The highest BCUT2D eigenvalue weighted by molar-refractivity contribution is 5.76. The van der Waals surface area contributed by atoms with Crippen LogP contribution in [0.25, 0.3) is 0 Å². The molecular formula is C14H26N2O3. The predicted molar refractivity (Wildman–Crippen MR) is 72.7 cm³/mol. The van der Waals surface area contributed by atoms with Gasteiger partial charge in [0, 0.05) is 6.04 Å². The van der Waals surface area contributed by atoms with Crippen molar-refractivity contribution in [3.63, 3.8) is 0 Å². The van der Waals surface area contributed by atoms with Gasteiger partial charge in [-0.3, -0.25) is 4.79 Å². The standard InChI is InChI=1S/C14H26N2O3/c15-6-5-11-1-3-12(4-2-11)16-14(17)9-13-10-18-7-8-19-13/h11-13H,1-10,15H2,(H,16,17)/t11-,12-,13?. The lowest BCUT2D eigenvalue weighted by Gasteiger charge is -2.29. The lowest BCUT2D eigenvalue weighted by Crippen LogP contribution is -2.41. The summed E-state index contributed by atoms with van der Waals surface area (Å²) in [5.41, 5.74) is 5.58. The zero-order valence-corrected chi connectivity index (χ0v) is 11.6. The van der Waals surface area contributed by atoms with Crippen molar-refractivity contribution >= 4 is 5.91 Å². The van der Waals surface area contributed by atoms with E-state index in [9.17, 15) is 4.79 Å². The number of rotatable bonds is 5. The normalized spacial score (nSPS) is 31.9. The number of hydrogen-bond acceptors (Lipinski definition) is 4. The van der Waals surface area contributed by atoms with Crippen molar-refractivity contribution in [2.24, 2.45) is 11.7 Å². The average molecular weight is 270 g/mol. The van der Waals surface area contributed by atoms with Crippen LogP contribution >= 0.6 is 0 Å². The van der Waals surface area contributed by atoms with Gasteiger partial charge in [-0.05, 0) is 44.6 Å². The van der Waals surface area contributed by atoms with Gasteiger partial charge in [-0.2, -0.15) is 0 Å². The van der Waals surface area contributed by atoms with Gasteiger partial charge in [0.25, 0.3) is 0 Å². The van der Waals surface area contributed by atoms with Crippen molar-refractivity contribution in [1.29, 1.82) is 0 Å². The van der Waals surface area contributed by atoms with Gasteiger partial charge < -0.3 is 20.5 Å². The van der Waals surface area contributed by atoms with E-state index in [1.54, 1.807) is 0 Å². The van der Waals surface area contributed by atoms with E-state index in [0.29, 0.717) is 32.3 Å². The highest BCUT2D eigenvalue weighted by atomic mass is 16.6. The first kappa shape index (κ1) is 14.8. The quantitative estimate of drug-likeness (QED) is 0.775. The fourth-order valence-electron chi connectivity index (χ4n) is 2.98. The Morgan fingerprint density at radius 2 is 2.00 bits per heavy atom. The van der Waals surface area contributed by atoms with E-state index in [-0.39, 0.29) is 12.0 Å². The molecule has 0 spiro atoms. The Hall–Kier alpha value is -0.650. The van der Waals surface area contributed by atoms with Gasteiger partial charge in [-0.1, -0.05) is 0 Å². The minimum Gasteiger partial charge on any atom is -0.376 e. The van der Waals surface area contributed by atoms with E-state index in [4.69, 9.17) is 15.2 Å². The minimum atomic E-state index is -0.0673. The van der Waals surface area contributed by atoms with Gasteiger partial charge >= 0.3 is 0 Å². The molecule has 5 heteroatoms. The van der Waals surface area contributed by atoms with Crippen LogP contribution in [0.1, 0.15) is 38.5 Å². The van der Waals surface area contributed by atoms with E-state index in [1.807, 2.05) is 0 Å². The van der Waals surface area contributed by atoms with Crippen LogP contribution < -0.4 is 11.1 Å². The van der Waals surface area contributed by atoms with Crippen LogP contribution in [-0.2, 0) is 14.3 Å². The molecule has 1 saturated carbocycles.